The Morgan fingerprint density at radius 2 is 0.887 bits per heavy atom. The second-order valence-corrected chi connectivity index (χ2v) is 13.6. The minimum Gasteiger partial charge on any atom is -0.456 e. The smallest absolute Gasteiger partial charge is 0.164 e. The molecule has 246 valence electrons. The van der Waals surface area contributed by atoms with E-state index >= 15 is 0 Å². The molecule has 53 heavy (non-hydrogen) atoms. The van der Waals surface area contributed by atoms with Crippen molar-refractivity contribution in [3.63, 3.8) is 0 Å². The Kier molecular flexibility index (Phi) is 6.52. The number of hydrogen-bond acceptors (Lipinski definition) is 4. The molecule has 4 nitrogen and oxygen atoms in total. The highest BCUT2D eigenvalue weighted by Crippen LogP contribution is 2.40. The predicted octanol–water partition coefficient (Wildman–Crippen LogP) is 13.1. The molecule has 4 heteroatoms. The van der Waals surface area contributed by atoms with Crippen molar-refractivity contribution in [3.8, 4) is 45.3 Å². The van der Waals surface area contributed by atoms with Gasteiger partial charge in [-0.25, -0.2) is 15.0 Å². The molecule has 0 fully saturated rings. The second-order valence-electron chi connectivity index (χ2n) is 13.6. The SMILES string of the molecule is c1ccc(-c2nc(-c3ccccc3)nc(-c3cc(-c4ccc5c(ccc6ccc7cc8oc9ccccc9c8cc7c65)c4)cc4ccccc34)n2)cc1. The fourth-order valence-electron chi connectivity index (χ4n) is 7.88. The van der Waals surface area contributed by atoms with Gasteiger partial charge in [0.25, 0.3) is 0 Å². The van der Waals surface area contributed by atoms with Gasteiger partial charge in [0.15, 0.2) is 17.5 Å². The van der Waals surface area contributed by atoms with E-state index in [2.05, 4.69) is 103 Å². The van der Waals surface area contributed by atoms with E-state index in [1.807, 2.05) is 72.8 Å². The van der Waals surface area contributed by atoms with Gasteiger partial charge < -0.3 is 4.42 Å². The van der Waals surface area contributed by atoms with Crippen LogP contribution in [0.25, 0.3) is 110 Å². The van der Waals surface area contributed by atoms with Crippen LogP contribution in [-0.2, 0) is 0 Å². The molecule has 0 spiro atoms. The Morgan fingerprint density at radius 3 is 1.64 bits per heavy atom. The number of rotatable bonds is 4. The molecule has 9 aromatic carbocycles. The lowest BCUT2D eigenvalue weighted by atomic mass is 9.92. The van der Waals surface area contributed by atoms with Crippen LogP contribution in [0.2, 0.25) is 0 Å². The maximum atomic E-state index is 6.24. The van der Waals surface area contributed by atoms with Gasteiger partial charge in [0.2, 0.25) is 0 Å². The first-order valence-electron chi connectivity index (χ1n) is 17.8. The van der Waals surface area contributed by atoms with Gasteiger partial charge in [-0.3, -0.25) is 0 Å². The highest BCUT2D eigenvalue weighted by Gasteiger charge is 2.17. The van der Waals surface area contributed by atoms with Gasteiger partial charge >= 0.3 is 0 Å². The van der Waals surface area contributed by atoms with Crippen LogP contribution in [0.15, 0.2) is 180 Å². The first kappa shape index (κ1) is 29.5. The van der Waals surface area contributed by atoms with Crippen molar-refractivity contribution in [1.82, 2.24) is 15.0 Å². The average molecular weight is 676 g/mol. The summed E-state index contributed by atoms with van der Waals surface area (Å²) in [5, 5.41) is 11.8. The van der Waals surface area contributed by atoms with Gasteiger partial charge in [-0.2, -0.15) is 0 Å². The van der Waals surface area contributed by atoms with Crippen molar-refractivity contribution in [1.29, 1.82) is 0 Å². The van der Waals surface area contributed by atoms with Crippen LogP contribution in [-0.4, -0.2) is 15.0 Å². The zero-order valence-corrected chi connectivity index (χ0v) is 28.5. The standard InChI is InChI=1S/C49H29N3O/c1-3-11-31(12-4-1)47-50-48(32-13-5-2-6-14-32)52-49(51-47)43-27-37(26-34-15-7-8-16-38(34)43)33-23-24-39-35(25-33)21-19-30-20-22-36-28-45-42(29-41(36)46(30)39)40-17-9-10-18-44(40)53-45/h1-29H. The van der Waals surface area contributed by atoms with E-state index < -0.39 is 0 Å². The molecule has 2 aromatic heterocycles. The van der Waals surface area contributed by atoms with Gasteiger partial charge in [-0.05, 0) is 90.6 Å². The second kappa shape index (κ2) is 11.7. The van der Waals surface area contributed by atoms with Crippen LogP contribution >= 0.6 is 0 Å². The monoisotopic (exact) mass is 675 g/mol. The number of nitrogens with zero attached hydrogens (tertiary/aromatic N) is 3. The van der Waals surface area contributed by atoms with E-state index in [9.17, 15) is 0 Å². The van der Waals surface area contributed by atoms with Crippen molar-refractivity contribution < 1.29 is 4.42 Å². The van der Waals surface area contributed by atoms with Crippen LogP contribution in [0, 0.1) is 0 Å². The number of aromatic nitrogens is 3. The number of furan rings is 1. The minimum atomic E-state index is 0.645. The lowest BCUT2D eigenvalue weighted by Gasteiger charge is -2.14. The topological polar surface area (TPSA) is 51.8 Å². The largest absolute Gasteiger partial charge is 0.456 e. The Bertz CT molecular complexity index is 3160. The molecule has 0 radical (unpaired) electrons. The number of hydrogen-bond donors (Lipinski definition) is 0. The normalized spacial score (nSPS) is 11.8. The molecule has 0 saturated carbocycles. The maximum Gasteiger partial charge on any atom is 0.164 e. The van der Waals surface area contributed by atoms with E-state index in [4.69, 9.17) is 19.4 Å². The lowest BCUT2D eigenvalue weighted by Crippen LogP contribution is -2.00. The molecule has 0 amide bonds. The van der Waals surface area contributed by atoms with Crippen LogP contribution in [0.5, 0.6) is 0 Å². The molecule has 0 aliphatic rings. The summed E-state index contributed by atoms with van der Waals surface area (Å²) >= 11 is 0. The van der Waals surface area contributed by atoms with Gasteiger partial charge in [0.05, 0.1) is 0 Å². The van der Waals surface area contributed by atoms with Gasteiger partial charge in [0.1, 0.15) is 11.2 Å². The Balaban J connectivity index is 1.11. The highest BCUT2D eigenvalue weighted by atomic mass is 16.3. The summed E-state index contributed by atoms with van der Waals surface area (Å²) < 4.78 is 6.24. The average Bonchev–Trinajstić information content (AvgIpc) is 3.60. The van der Waals surface area contributed by atoms with E-state index in [0.717, 1.165) is 60.5 Å². The third kappa shape index (κ3) is 4.88. The van der Waals surface area contributed by atoms with Crippen molar-refractivity contribution >= 4 is 65.0 Å². The summed E-state index contributed by atoms with van der Waals surface area (Å²) in [6, 6.07) is 61.8. The zero-order chi connectivity index (χ0) is 34.9. The quantitative estimate of drug-likeness (QED) is 0.174. The summed E-state index contributed by atoms with van der Waals surface area (Å²) in [5.41, 5.74) is 6.93. The van der Waals surface area contributed by atoms with Crippen molar-refractivity contribution in [2.75, 3.05) is 0 Å². The molecular weight excluding hydrogens is 647 g/mol. The van der Waals surface area contributed by atoms with Crippen LogP contribution < -0.4 is 0 Å². The van der Waals surface area contributed by atoms with Gasteiger partial charge in [-0.1, -0.05) is 140 Å². The molecule has 0 bridgehead atoms. The fraction of sp³-hybridized carbons (Fsp3) is 0. The molecule has 11 aromatic rings. The Morgan fingerprint density at radius 1 is 0.302 bits per heavy atom. The summed E-state index contributed by atoms with van der Waals surface area (Å²) in [4.78, 5) is 15.2. The summed E-state index contributed by atoms with van der Waals surface area (Å²) in [5.74, 6) is 1.94. The zero-order valence-electron chi connectivity index (χ0n) is 28.5. The van der Waals surface area contributed by atoms with Crippen LogP contribution in [0.3, 0.4) is 0 Å². The van der Waals surface area contributed by atoms with Crippen molar-refractivity contribution in [2.24, 2.45) is 0 Å². The van der Waals surface area contributed by atoms with Crippen LogP contribution in [0.1, 0.15) is 0 Å². The van der Waals surface area contributed by atoms with Gasteiger partial charge in [-0.15, -0.1) is 0 Å². The molecule has 0 atom stereocenters. The summed E-state index contributed by atoms with van der Waals surface area (Å²) in [6.07, 6.45) is 0. The third-order valence-electron chi connectivity index (χ3n) is 10.4. The van der Waals surface area contributed by atoms with Crippen molar-refractivity contribution in [2.45, 2.75) is 0 Å². The highest BCUT2D eigenvalue weighted by molar-refractivity contribution is 6.23. The Labute approximate surface area is 304 Å². The maximum absolute atomic E-state index is 6.24. The molecule has 0 aliphatic heterocycles. The molecule has 0 saturated heterocycles. The van der Waals surface area contributed by atoms with E-state index in [-0.39, 0.29) is 0 Å². The number of benzene rings is 9. The Hall–Kier alpha value is -7.17. The minimum absolute atomic E-state index is 0.645. The summed E-state index contributed by atoms with van der Waals surface area (Å²) in [6.45, 7) is 0. The first-order chi connectivity index (χ1) is 26.2. The van der Waals surface area contributed by atoms with Crippen LogP contribution in [0.4, 0.5) is 0 Å². The molecule has 2 heterocycles. The summed E-state index contributed by atoms with van der Waals surface area (Å²) in [7, 11) is 0. The van der Waals surface area contributed by atoms with E-state index in [0.29, 0.717) is 17.5 Å². The molecule has 11 rings (SSSR count). The third-order valence-corrected chi connectivity index (χ3v) is 10.4. The predicted molar refractivity (Wildman–Crippen MR) is 219 cm³/mol. The number of fused-ring (bicyclic) bond motifs is 9. The van der Waals surface area contributed by atoms with Gasteiger partial charge in [0, 0.05) is 27.5 Å². The molecular formula is C49H29N3O. The fourth-order valence-corrected chi connectivity index (χ4v) is 7.88. The van der Waals surface area contributed by atoms with E-state index in [1.165, 1.54) is 32.3 Å². The molecule has 0 N–H and O–H groups in total. The van der Waals surface area contributed by atoms with E-state index in [1.54, 1.807) is 0 Å². The first-order valence-corrected chi connectivity index (χ1v) is 17.8. The lowest BCUT2D eigenvalue weighted by molar-refractivity contribution is 0.669. The molecule has 0 unspecified atom stereocenters. The number of para-hydroxylation sites is 1. The molecule has 0 aliphatic carbocycles. The van der Waals surface area contributed by atoms with Crippen molar-refractivity contribution in [3.05, 3.63) is 176 Å².